The Labute approximate surface area is 147 Å². The topological polar surface area (TPSA) is 0 Å². The van der Waals surface area contributed by atoms with Crippen LogP contribution in [-0.2, 0) is 0 Å². The van der Waals surface area contributed by atoms with Crippen molar-refractivity contribution < 1.29 is 52.7 Å². The van der Waals surface area contributed by atoms with E-state index in [1.54, 1.807) is 0 Å². The zero-order valence-electron chi connectivity index (χ0n) is 11.6. The average Bonchev–Trinajstić information content (AvgIpc) is 2.33. The molecule has 0 saturated carbocycles. The molecule has 25 heavy (non-hydrogen) atoms. The van der Waals surface area contributed by atoms with Gasteiger partial charge in [0.1, 0.15) is 0 Å². The van der Waals surface area contributed by atoms with Gasteiger partial charge in [-0.2, -0.15) is 52.7 Å². The van der Waals surface area contributed by atoms with Crippen LogP contribution in [0, 0.1) is 0 Å². The zero-order valence-corrected chi connectivity index (χ0v) is 14.9. The first kappa shape index (κ1) is 25.2. The summed E-state index contributed by atoms with van der Waals surface area (Å²) in [7, 11) is 0. The van der Waals surface area contributed by atoms with Crippen molar-refractivity contribution in [3.8, 4) is 0 Å². The van der Waals surface area contributed by atoms with Crippen LogP contribution in [0.5, 0.6) is 0 Å². The molecular weight excluding hydrogens is 471 g/mol. The lowest BCUT2D eigenvalue weighted by Gasteiger charge is -2.40. The van der Waals surface area contributed by atoms with Gasteiger partial charge in [-0.1, -0.05) is 0 Å². The number of hydrogen-bond donors (Lipinski definition) is 0. The van der Waals surface area contributed by atoms with E-state index in [2.05, 4.69) is 0 Å². The summed E-state index contributed by atoms with van der Waals surface area (Å²) in [6.07, 6.45) is -2.39. The highest BCUT2D eigenvalue weighted by molar-refractivity contribution is 7.64. The van der Waals surface area contributed by atoms with Gasteiger partial charge < -0.3 is 0 Å². The Balaban J connectivity index is 6.03. The number of alkyl halides is 12. The van der Waals surface area contributed by atoms with Crippen molar-refractivity contribution in [2.75, 3.05) is 0 Å². The van der Waals surface area contributed by atoms with Crippen LogP contribution < -0.4 is 0 Å². The maximum Gasteiger partial charge on any atom is 0.384 e. The lowest BCUT2D eigenvalue weighted by atomic mass is 9.91. The first-order chi connectivity index (χ1) is 10.5. The second-order valence-electron chi connectivity index (χ2n) is 5.01. The van der Waals surface area contributed by atoms with E-state index in [0.29, 0.717) is 0 Å². The SMILES string of the molecule is CC(F)(F)C(F)(F)C(F)(F)C(F)(F)C(F)(F)C(F)(F)CC[Si](Cl)(Cl)Cl. The Hall–Kier alpha value is 0.247. The van der Waals surface area contributed by atoms with Gasteiger partial charge in [-0.05, 0) is 6.04 Å². The second-order valence-corrected chi connectivity index (χ2v) is 14.3. The maximum absolute atomic E-state index is 13.3. The Kier molecular flexibility index (Phi) is 6.76. The Morgan fingerprint density at radius 1 is 0.600 bits per heavy atom. The van der Waals surface area contributed by atoms with Gasteiger partial charge in [0.25, 0.3) is 0 Å². The van der Waals surface area contributed by atoms with Gasteiger partial charge in [0.15, 0.2) is 0 Å². The third-order valence-corrected chi connectivity index (χ3v) is 5.43. The first-order valence-electron chi connectivity index (χ1n) is 5.79. The van der Waals surface area contributed by atoms with Crippen LogP contribution in [0.1, 0.15) is 13.3 Å². The fourth-order valence-corrected chi connectivity index (χ4v) is 2.80. The highest BCUT2D eigenvalue weighted by Gasteiger charge is 2.89. The van der Waals surface area contributed by atoms with Crippen molar-refractivity contribution in [2.24, 2.45) is 0 Å². The molecule has 0 heterocycles. The van der Waals surface area contributed by atoms with E-state index in [9.17, 15) is 52.7 Å². The molecule has 0 aliphatic heterocycles. The van der Waals surface area contributed by atoms with Crippen LogP contribution in [0.15, 0.2) is 0 Å². The normalized spacial score (nSPS) is 16.3. The molecular formula is C9H7Cl3F12Si. The van der Waals surface area contributed by atoms with Crippen molar-refractivity contribution in [1.82, 2.24) is 0 Å². The summed E-state index contributed by atoms with van der Waals surface area (Å²) in [5.41, 5.74) is 0. The van der Waals surface area contributed by atoms with E-state index in [1.165, 1.54) is 0 Å². The summed E-state index contributed by atoms with van der Waals surface area (Å²) in [6, 6.07) is -5.54. The van der Waals surface area contributed by atoms with Crippen LogP contribution in [0.25, 0.3) is 0 Å². The molecule has 0 nitrogen and oxygen atoms in total. The molecule has 0 unspecified atom stereocenters. The summed E-state index contributed by atoms with van der Waals surface area (Å²) >= 11 is 15.2. The van der Waals surface area contributed by atoms with Crippen LogP contribution in [0.3, 0.4) is 0 Å². The van der Waals surface area contributed by atoms with Crippen LogP contribution in [0.4, 0.5) is 52.7 Å². The van der Waals surface area contributed by atoms with E-state index in [-0.39, 0.29) is 0 Å². The lowest BCUT2D eigenvalue weighted by molar-refractivity contribution is -0.423. The quantitative estimate of drug-likeness (QED) is 0.203. The fraction of sp³-hybridized carbons (Fsp3) is 1.00. The summed E-state index contributed by atoms with van der Waals surface area (Å²) in [5.74, 6) is -41.4. The highest BCUT2D eigenvalue weighted by atomic mass is 35.8. The molecule has 0 aromatic carbocycles. The molecule has 16 heteroatoms. The predicted octanol–water partition coefficient (Wildman–Crippen LogP) is 6.86. The van der Waals surface area contributed by atoms with Gasteiger partial charge in [0.05, 0.1) is 0 Å². The smallest absolute Gasteiger partial charge is 0.200 e. The molecule has 0 amide bonds. The number of rotatable bonds is 8. The minimum absolute atomic E-state index is 0.971. The molecule has 0 aromatic rings. The lowest BCUT2D eigenvalue weighted by Crippen LogP contribution is -2.70. The maximum atomic E-state index is 13.3. The minimum Gasteiger partial charge on any atom is -0.200 e. The van der Waals surface area contributed by atoms with E-state index in [4.69, 9.17) is 33.2 Å². The standard InChI is InChI=1S/C9H7Cl3F12Si/c1-4(13,14)6(17,18)8(21,22)9(23,24)7(19,20)5(15,16)2-3-25(10,11)12/h2-3H2,1H3. The highest BCUT2D eigenvalue weighted by Crippen LogP contribution is 2.60. The van der Waals surface area contributed by atoms with E-state index >= 15 is 0 Å². The van der Waals surface area contributed by atoms with Crippen LogP contribution in [0.2, 0.25) is 6.04 Å². The van der Waals surface area contributed by atoms with E-state index in [1.807, 2.05) is 0 Å². The van der Waals surface area contributed by atoms with Gasteiger partial charge in [-0.3, -0.25) is 0 Å². The molecule has 0 aromatic heterocycles. The number of halogens is 15. The molecule has 0 spiro atoms. The minimum atomic E-state index is -7.57. The largest absolute Gasteiger partial charge is 0.384 e. The number of hydrogen-bond acceptors (Lipinski definition) is 0. The van der Waals surface area contributed by atoms with Gasteiger partial charge in [0, 0.05) is 13.3 Å². The molecule has 152 valence electrons. The zero-order chi connectivity index (χ0) is 20.9. The van der Waals surface area contributed by atoms with Gasteiger partial charge in [0.2, 0.25) is 0 Å². The molecule has 0 saturated heterocycles. The predicted molar refractivity (Wildman–Crippen MR) is 68.1 cm³/mol. The summed E-state index contributed by atoms with van der Waals surface area (Å²) in [6.45, 7) is -0.971. The van der Waals surface area contributed by atoms with Gasteiger partial charge >= 0.3 is 41.5 Å². The molecule has 0 rings (SSSR count). The molecule has 0 fully saturated rings. The molecule has 0 N–H and O–H groups in total. The average molecular weight is 478 g/mol. The fourth-order valence-electron chi connectivity index (χ4n) is 1.36. The molecule has 0 bridgehead atoms. The van der Waals surface area contributed by atoms with Gasteiger partial charge in [-0.25, -0.2) is 0 Å². The van der Waals surface area contributed by atoms with Crippen molar-refractivity contribution in [2.45, 2.75) is 54.9 Å². The molecule has 0 atom stereocenters. The van der Waals surface area contributed by atoms with Crippen molar-refractivity contribution >= 4 is 39.2 Å². The monoisotopic (exact) mass is 476 g/mol. The van der Waals surface area contributed by atoms with E-state index < -0.39 is 60.9 Å². The summed E-state index contributed by atoms with van der Waals surface area (Å²) in [5, 5.41) is 0. The Morgan fingerprint density at radius 2 is 0.920 bits per heavy atom. The Morgan fingerprint density at radius 3 is 1.20 bits per heavy atom. The van der Waals surface area contributed by atoms with Crippen molar-refractivity contribution in [1.29, 1.82) is 0 Å². The van der Waals surface area contributed by atoms with Crippen molar-refractivity contribution in [3.63, 3.8) is 0 Å². The Bertz CT molecular complexity index is 481. The third-order valence-electron chi connectivity index (χ3n) is 2.92. The van der Waals surface area contributed by atoms with E-state index in [0.717, 1.165) is 0 Å². The second kappa shape index (κ2) is 6.69. The molecule has 0 radical (unpaired) electrons. The van der Waals surface area contributed by atoms with Crippen molar-refractivity contribution in [3.05, 3.63) is 0 Å². The van der Waals surface area contributed by atoms with Crippen LogP contribution in [-0.4, -0.2) is 41.5 Å². The molecule has 0 aliphatic carbocycles. The summed E-state index contributed by atoms with van der Waals surface area (Å²) in [4.78, 5) is 0. The summed E-state index contributed by atoms with van der Waals surface area (Å²) < 4.78 is 157. The third kappa shape index (κ3) is 4.40. The first-order valence-corrected chi connectivity index (χ1v) is 11.0. The molecule has 0 aliphatic rings. The van der Waals surface area contributed by atoms with Crippen LogP contribution >= 0.6 is 33.2 Å². The van der Waals surface area contributed by atoms with Gasteiger partial charge in [-0.15, -0.1) is 33.2 Å².